The number of rotatable bonds is 5. The van der Waals surface area contributed by atoms with Crippen molar-refractivity contribution < 1.29 is 24.2 Å². The minimum atomic E-state index is -0.620. The summed E-state index contributed by atoms with van der Waals surface area (Å²) in [6, 6.07) is 10.1. The average Bonchev–Trinajstić information content (AvgIpc) is 2.56. The Morgan fingerprint density at radius 1 is 1.08 bits per heavy atom. The van der Waals surface area contributed by atoms with Gasteiger partial charge < -0.3 is 14.6 Å². The van der Waals surface area contributed by atoms with Gasteiger partial charge in [-0.25, -0.2) is 0 Å². The Labute approximate surface area is 142 Å². The molecule has 0 unspecified atom stereocenters. The van der Waals surface area contributed by atoms with Crippen molar-refractivity contribution in [1.29, 1.82) is 0 Å². The van der Waals surface area contributed by atoms with Gasteiger partial charge in [-0.3, -0.25) is 9.59 Å². The van der Waals surface area contributed by atoms with Crippen molar-refractivity contribution >= 4 is 11.9 Å². The fraction of sp³-hybridized carbons (Fsp3) is 0.474. The molecule has 1 aliphatic rings. The molecule has 5 nitrogen and oxygen atoms in total. The van der Waals surface area contributed by atoms with Gasteiger partial charge in [0.05, 0.1) is 6.10 Å². The summed E-state index contributed by atoms with van der Waals surface area (Å²) < 4.78 is 10.1. The van der Waals surface area contributed by atoms with Gasteiger partial charge in [-0.1, -0.05) is 30.3 Å². The number of esters is 2. The van der Waals surface area contributed by atoms with Gasteiger partial charge in [-0.2, -0.15) is 0 Å². The Morgan fingerprint density at radius 3 is 2.17 bits per heavy atom. The lowest BCUT2D eigenvalue weighted by molar-refractivity contribution is -0.141. The number of carbonyl (C=O) groups excluding carboxylic acids is 2. The van der Waals surface area contributed by atoms with E-state index in [9.17, 15) is 14.7 Å². The van der Waals surface area contributed by atoms with Crippen LogP contribution in [0.5, 0.6) is 0 Å². The molecule has 0 saturated heterocycles. The summed E-state index contributed by atoms with van der Waals surface area (Å²) >= 11 is 0. The SMILES string of the molecule is CC(=O)OCC(COC(C)=O)=C1CC[C@H](c2ccccc2)C[C@H]1O. The highest BCUT2D eigenvalue weighted by Gasteiger charge is 2.28. The fourth-order valence-corrected chi connectivity index (χ4v) is 3.07. The predicted molar refractivity (Wildman–Crippen MR) is 89.3 cm³/mol. The lowest BCUT2D eigenvalue weighted by Crippen LogP contribution is -2.25. The molecular formula is C19H24O5. The van der Waals surface area contributed by atoms with E-state index in [1.165, 1.54) is 19.4 Å². The molecule has 1 aromatic rings. The molecule has 0 bridgehead atoms. The average molecular weight is 332 g/mol. The number of aliphatic hydroxyl groups is 1. The van der Waals surface area contributed by atoms with Crippen molar-refractivity contribution in [2.24, 2.45) is 0 Å². The second-order valence-corrected chi connectivity index (χ2v) is 6.09. The first-order valence-electron chi connectivity index (χ1n) is 8.18. The minimum Gasteiger partial charge on any atom is -0.461 e. The van der Waals surface area contributed by atoms with Crippen molar-refractivity contribution in [1.82, 2.24) is 0 Å². The lowest BCUT2D eigenvalue weighted by Gasteiger charge is -2.30. The molecule has 1 N–H and O–H groups in total. The van der Waals surface area contributed by atoms with Crippen molar-refractivity contribution in [3.05, 3.63) is 47.0 Å². The van der Waals surface area contributed by atoms with Crippen molar-refractivity contribution in [2.45, 2.75) is 45.1 Å². The molecule has 1 aliphatic carbocycles. The van der Waals surface area contributed by atoms with Gasteiger partial charge in [-0.05, 0) is 36.3 Å². The van der Waals surface area contributed by atoms with Gasteiger partial charge in [0.25, 0.3) is 0 Å². The van der Waals surface area contributed by atoms with E-state index in [-0.39, 0.29) is 13.2 Å². The summed E-state index contributed by atoms with van der Waals surface area (Å²) in [4.78, 5) is 22.1. The van der Waals surface area contributed by atoms with E-state index in [0.717, 1.165) is 12.0 Å². The predicted octanol–water partition coefficient (Wildman–Crippen LogP) is 2.74. The maximum Gasteiger partial charge on any atom is 0.302 e. The quantitative estimate of drug-likeness (QED) is 0.663. The monoisotopic (exact) mass is 332 g/mol. The van der Waals surface area contributed by atoms with Gasteiger partial charge >= 0.3 is 11.9 Å². The number of ether oxygens (including phenoxy) is 2. The molecule has 5 heteroatoms. The van der Waals surface area contributed by atoms with E-state index in [0.29, 0.717) is 24.3 Å². The number of benzene rings is 1. The smallest absolute Gasteiger partial charge is 0.302 e. The van der Waals surface area contributed by atoms with Gasteiger partial charge in [-0.15, -0.1) is 0 Å². The zero-order valence-electron chi connectivity index (χ0n) is 14.2. The van der Waals surface area contributed by atoms with Crippen molar-refractivity contribution in [3.8, 4) is 0 Å². The molecule has 1 saturated carbocycles. The van der Waals surface area contributed by atoms with E-state index in [4.69, 9.17) is 9.47 Å². The second kappa shape index (κ2) is 8.64. The molecule has 1 aromatic carbocycles. The summed E-state index contributed by atoms with van der Waals surface area (Å²) in [6.45, 7) is 2.75. The zero-order valence-corrected chi connectivity index (χ0v) is 14.2. The van der Waals surface area contributed by atoms with E-state index in [1.807, 2.05) is 18.2 Å². The van der Waals surface area contributed by atoms with Gasteiger partial charge in [0, 0.05) is 19.4 Å². The Balaban J connectivity index is 2.11. The Kier molecular flexibility index (Phi) is 6.55. The molecule has 0 aliphatic heterocycles. The van der Waals surface area contributed by atoms with Crippen LogP contribution in [0.1, 0.15) is 44.6 Å². The normalized spacial score (nSPS) is 20.4. The van der Waals surface area contributed by atoms with Crippen LogP contribution < -0.4 is 0 Å². The summed E-state index contributed by atoms with van der Waals surface area (Å²) in [7, 11) is 0. The van der Waals surface area contributed by atoms with E-state index < -0.39 is 18.0 Å². The highest BCUT2D eigenvalue weighted by atomic mass is 16.5. The van der Waals surface area contributed by atoms with Crippen LogP contribution in [-0.2, 0) is 19.1 Å². The van der Waals surface area contributed by atoms with Crippen LogP contribution in [0.3, 0.4) is 0 Å². The van der Waals surface area contributed by atoms with Crippen LogP contribution in [0.25, 0.3) is 0 Å². The molecule has 0 radical (unpaired) electrons. The number of hydrogen-bond donors (Lipinski definition) is 1. The summed E-state index contributed by atoms with van der Waals surface area (Å²) in [5, 5.41) is 10.6. The van der Waals surface area contributed by atoms with E-state index in [1.54, 1.807) is 0 Å². The molecule has 0 spiro atoms. The van der Waals surface area contributed by atoms with Gasteiger partial charge in [0.2, 0.25) is 0 Å². The standard InChI is InChI=1S/C19H24O5/c1-13(20)23-11-17(12-24-14(2)21)18-9-8-16(10-19(18)22)15-6-4-3-5-7-15/h3-7,16,19,22H,8-12H2,1-2H3/t16-,19+/m0/s1. The lowest BCUT2D eigenvalue weighted by atomic mass is 9.78. The van der Waals surface area contributed by atoms with Crippen LogP contribution in [0.15, 0.2) is 41.5 Å². The first-order chi connectivity index (χ1) is 11.5. The van der Waals surface area contributed by atoms with Crippen molar-refractivity contribution in [2.75, 3.05) is 13.2 Å². The number of carbonyl (C=O) groups is 2. The fourth-order valence-electron chi connectivity index (χ4n) is 3.07. The Bertz CT molecular complexity index is 585. The van der Waals surface area contributed by atoms with Crippen LogP contribution >= 0.6 is 0 Å². The molecular weight excluding hydrogens is 308 g/mol. The number of hydrogen-bond acceptors (Lipinski definition) is 5. The molecule has 2 rings (SSSR count). The Hall–Kier alpha value is -2.14. The molecule has 0 aromatic heterocycles. The van der Waals surface area contributed by atoms with Crippen molar-refractivity contribution in [3.63, 3.8) is 0 Å². The highest BCUT2D eigenvalue weighted by molar-refractivity contribution is 5.67. The third kappa shape index (κ3) is 5.20. The molecule has 0 amide bonds. The third-order valence-electron chi connectivity index (χ3n) is 4.30. The first-order valence-corrected chi connectivity index (χ1v) is 8.18. The molecule has 0 heterocycles. The third-order valence-corrected chi connectivity index (χ3v) is 4.30. The molecule has 1 fully saturated rings. The first kappa shape index (κ1) is 18.2. The largest absolute Gasteiger partial charge is 0.461 e. The second-order valence-electron chi connectivity index (χ2n) is 6.09. The van der Waals surface area contributed by atoms with E-state index in [2.05, 4.69) is 12.1 Å². The zero-order chi connectivity index (χ0) is 17.5. The van der Waals surface area contributed by atoms with Crippen LogP contribution in [-0.4, -0.2) is 36.4 Å². The Morgan fingerprint density at radius 2 is 1.67 bits per heavy atom. The minimum absolute atomic E-state index is 0.0466. The summed E-state index contributed by atoms with van der Waals surface area (Å²) in [5.74, 6) is -0.500. The summed E-state index contributed by atoms with van der Waals surface area (Å²) in [6.07, 6.45) is 1.59. The molecule has 24 heavy (non-hydrogen) atoms. The van der Waals surface area contributed by atoms with Crippen LogP contribution in [0.4, 0.5) is 0 Å². The highest BCUT2D eigenvalue weighted by Crippen LogP contribution is 2.37. The van der Waals surface area contributed by atoms with Gasteiger partial charge in [0.15, 0.2) is 0 Å². The maximum atomic E-state index is 11.1. The number of aliphatic hydroxyl groups excluding tert-OH is 1. The summed E-state index contributed by atoms with van der Waals surface area (Å²) in [5.41, 5.74) is 2.72. The van der Waals surface area contributed by atoms with Crippen LogP contribution in [0, 0.1) is 0 Å². The van der Waals surface area contributed by atoms with Gasteiger partial charge in [0.1, 0.15) is 13.2 Å². The maximum absolute atomic E-state index is 11.1. The van der Waals surface area contributed by atoms with Crippen LogP contribution in [0.2, 0.25) is 0 Å². The topological polar surface area (TPSA) is 72.8 Å². The van der Waals surface area contributed by atoms with E-state index >= 15 is 0 Å². The molecule has 2 atom stereocenters. The molecule has 130 valence electrons.